The number of aliphatic imine (C=N–C) groups is 1. The Morgan fingerprint density at radius 2 is 2.29 bits per heavy atom. The number of halogens is 2. The SMILES string of the molecule is CN=C(NCc1ccc(Cl)nc1)NC1CC1.I. The molecule has 0 aliphatic heterocycles. The molecule has 94 valence electrons. The number of guanidine groups is 1. The zero-order valence-corrected chi connectivity index (χ0v) is 12.7. The average Bonchev–Trinajstić information content (AvgIpc) is 3.10. The molecule has 6 heteroatoms. The van der Waals surface area contributed by atoms with Gasteiger partial charge in [0.2, 0.25) is 0 Å². The Bertz CT molecular complexity index is 376. The van der Waals surface area contributed by atoms with Gasteiger partial charge in [-0.25, -0.2) is 4.98 Å². The number of nitrogens with one attached hydrogen (secondary N) is 2. The molecule has 0 aromatic carbocycles. The Labute approximate surface area is 123 Å². The highest BCUT2D eigenvalue weighted by Gasteiger charge is 2.21. The van der Waals surface area contributed by atoms with Crippen molar-refractivity contribution in [1.29, 1.82) is 0 Å². The number of nitrogens with zero attached hydrogens (tertiary/aromatic N) is 2. The van der Waals surface area contributed by atoms with E-state index in [2.05, 4.69) is 20.6 Å². The van der Waals surface area contributed by atoms with E-state index in [1.54, 1.807) is 19.3 Å². The van der Waals surface area contributed by atoms with E-state index in [0.717, 1.165) is 11.5 Å². The fraction of sp³-hybridized carbons (Fsp3) is 0.455. The highest BCUT2D eigenvalue weighted by atomic mass is 127. The molecule has 2 N–H and O–H groups in total. The topological polar surface area (TPSA) is 49.3 Å². The number of rotatable bonds is 3. The summed E-state index contributed by atoms with van der Waals surface area (Å²) in [5.41, 5.74) is 1.09. The predicted molar refractivity (Wildman–Crippen MR) is 81.0 cm³/mol. The number of hydrogen-bond acceptors (Lipinski definition) is 2. The molecule has 4 nitrogen and oxygen atoms in total. The molecular weight excluding hydrogens is 351 g/mol. The second kappa shape index (κ2) is 7.00. The summed E-state index contributed by atoms with van der Waals surface area (Å²) in [6.45, 7) is 0.705. The van der Waals surface area contributed by atoms with Crippen molar-refractivity contribution in [3.05, 3.63) is 29.0 Å². The third-order valence-corrected chi connectivity index (χ3v) is 2.61. The zero-order valence-electron chi connectivity index (χ0n) is 9.61. The maximum atomic E-state index is 5.71. The quantitative estimate of drug-likeness (QED) is 0.373. The first-order valence-electron chi connectivity index (χ1n) is 5.35. The van der Waals surface area contributed by atoms with Crippen LogP contribution >= 0.6 is 35.6 Å². The van der Waals surface area contributed by atoms with Gasteiger partial charge in [-0.2, -0.15) is 0 Å². The van der Waals surface area contributed by atoms with Gasteiger partial charge in [0, 0.05) is 25.8 Å². The van der Waals surface area contributed by atoms with Crippen molar-refractivity contribution >= 4 is 41.5 Å². The van der Waals surface area contributed by atoms with Crippen LogP contribution in [0, 0.1) is 0 Å². The van der Waals surface area contributed by atoms with Crippen LogP contribution in [0.2, 0.25) is 5.15 Å². The van der Waals surface area contributed by atoms with Crippen molar-refractivity contribution in [1.82, 2.24) is 15.6 Å². The fourth-order valence-corrected chi connectivity index (χ4v) is 1.42. The molecule has 1 heterocycles. The second-order valence-corrected chi connectivity index (χ2v) is 4.22. The van der Waals surface area contributed by atoms with Gasteiger partial charge in [0.25, 0.3) is 0 Å². The van der Waals surface area contributed by atoms with Gasteiger partial charge in [-0.3, -0.25) is 4.99 Å². The Balaban J connectivity index is 0.00000144. The van der Waals surface area contributed by atoms with Gasteiger partial charge < -0.3 is 10.6 Å². The number of pyridine rings is 1. The lowest BCUT2D eigenvalue weighted by Gasteiger charge is -2.10. The van der Waals surface area contributed by atoms with Crippen LogP contribution in [0.25, 0.3) is 0 Å². The minimum Gasteiger partial charge on any atom is -0.354 e. The molecule has 0 radical (unpaired) electrons. The van der Waals surface area contributed by atoms with E-state index in [0.29, 0.717) is 17.7 Å². The molecule has 2 rings (SSSR count). The van der Waals surface area contributed by atoms with Gasteiger partial charge in [0.1, 0.15) is 5.15 Å². The van der Waals surface area contributed by atoms with Gasteiger partial charge in [-0.05, 0) is 24.5 Å². The van der Waals surface area contributed by atoms with E-state index in [-0.39, 0.29) is 24.0 Å². The molecule has 0 bridgehead atoms. The highest BCUT2D eigenvalue weighted by molar-refractivity contribution is 14.0. The summed E-state index contributed by atoms with van der Waals surface area (Å²) in [7, 11) is 1.78. The van der Waals surface area contributed by atoms with Gasteiger partial charge in [-0.15, -0.1) is 24.0 Å². The minimum atomic E-state index is 0. The normalized spacial score (nSPS) is 15.1. The average molecular weight is 367 g/mol. The van der Waals surface area contributed by atoms with Gasteiger partial charge >= 0.3 is 0 Å². The van der Waals surface area contributed by atoms with Crippen LogP contribution in [0.5, 0.6) is 0 Å². The van der Waals surface area contributed by atoms with E-state index in [9.17, 15) is 0 Å². The summed E-state index contributed by atoms with van der Waals surface area (Å²) in [6, 6.07) is 4.34. The third kappa shape index (κ3) is 5.08. The monoisotopic (exact) mass is 366 g/mol. The molecule has 1 aromatic rings. The summed E-state index contributed by atoms with van der Waals surface area (Å²) in [5.74, 6) is 0.845. The van der Waals surface area contributed by atoms with E-state index in [4.69, 9.17) is 11.6 Å². The minimum absolute atomic E-state index is 0. The standard InChI is InChI=1S/C11H15ClN4.HI/c1-13-11(16-9-3-4-9)15-7-8-2-5-10(12)14-6-8;/h2,5-6,9H,3-4,7H2,1H3,(H2,13,15,16);1H. The molecule has 0 amide bonds. The van der Waals surface area contributed by atoms with Crippen molar-refractivity contribution in [3.8, 4) is 0 Å². The summed E-state index contributed by atoms with van der Waals surface area (Å²) >= 11 is 5.71. The Morgan fingerprint density at radius 1 is 1.53 bits per heavy atom. The Kier molecular flexibility index (Phi) is 5.97. The van der Waals surface area contributed by atoms with E-state index in [1.807, 2.05) is 6.07 Å². The van der Waals surface area contributed by atoms with Crippen molar-refractivity contribution in [2.75, 3.05) is 7.05 Å². The van der Waals surface area contributed by atoms with Gasteiger partial charge in [0.05, 0.1) is 0 Å². The van der Waals surface area contributed by atoms with Crippen molar-refractivity contribution < 1.29 is 0 Å². The molecule has 1 saturated carbocycles. The van der Waals surface area contributed by atoms with Crippen LogP contribution in [-0.2, 0) is 6.54 Å². The van der Waals surface area contributed by atoms with Crippen molar-refractivity contribution in [2.24, 2.45) is 4.99 Å². The molecule has 0 atom stereocenters. The first kappa shape index (κ1) is 14.5. The maximum Gasteiger partial charge on any atom is 0.191 e. The van der Waals surface area contributed by atoms with Crippen LogP contribution in [0.3, 0.4) is 0 Å². The van der Waals surface area contributed by atoms with Gasteiger partial charge in [-0.1, -0.05) is 17.7 Å². The summed E-state index contributed by atoms with van der Waals surface area (Å²) in [4.78, 5) is 8.17. The molecule has 1 fully saturated rings. The summed E-state index contributed by atoms with van der Waals surface area (Å²) in [5, 5.41) is 7.06. The molecular formula is C11H16ClIN4. The molecule has 1 aliphatic carbocycles. The Hall–Kier alpha value is -0.560. The van der Waals surface area contributed by atoms with Crippen molar-refractivity contribution in [3.63, 3.8) is 0 Å². The third-order valence-electron chi connectivity index (χ3n) is 2.39. The number of hydrogen-bond donors (Lipinski definition) is 2. The van der Waals surface area contributed by atoms with Crippen LogP contribution in [-0.4, -0.2) is 24.0 Å². The molecule has 0 saturated heterocycles. The van der Waals surface area contributed by atoms with Crippen LogP contribution in [0.15, 0.2) is 23.3 Å². The largest absolute Gasteiger partial charge is 0.354 e. The first-order chi connectivity index (χ1) is 7.78. The van der Waals surface area contributed by atoms with E-state index < -0.39 is 0 Å². The molecule has 1 aliphatic rings. The molecule has 17 heavy (non-hydrogen) atoms. The molecule has 1 aromatic heterocycles. The lowest BCUT2D eigenvalue weighted by Crippen LogP contribution is -2.38. The van der Waals surface area contributed by atoms with Crippen molar-refractivity contribution in [2.45, 2.75) is 25.4 Å². The maximum absolute atomic E-state index is 5.71. The van der Waals surface area contributed by atoms with Crippen LogP contribution < -0.4 is 10.6 Å². The lowest BCUT2D eigenvalue weighted by molar-refractivity contribution is 0.803. The second-order valence-electron chi connectivity index (χ2n) is 3.83. The summed E-state index contributed by atoms with van der Waals surface area (Å²) < 4.78 is 0. The van der Waals surface area contributed by atoms with E-state index in [1.165, 1.54) is 12.8 Å². The predicted octanol–water partition coefficient (Wildman–Crippen LogP) is 2.18. The smallest absolute Gasteiger partial charge is 0.191 e. The first-order valence-corrected chi connectivity index (χ1v) is 5.73. The van der Waals surface area contributed by atoms with E-state index >= 15 is 0 Å². The fourth-order valence-electron chi connectivity index (χ4n) is 1.31. The van der Waals surface area contributed by atoms with Crippen LogP contribution in [0.1, 0.15) is 18.4 Å². The Morgan fingerprint density at radius 3 is 2.82 bits per heavy atom. The highest BCUT2D eigenvalue weighted by Crippen LogP contribution is 2.18. The summed E-state index contributed by atoms with van der Waals surface area (Å²) in [6.07, 6.45) is 4.24. The molecule has 0 spiro atoms. The van der Waals surface area contributed by atoms with Crippen LogP contribution in [0.4, 0.5) is 0 Å². The number of aromatic nitrogens is 1. The lowest BCUT2D eigenvalue weighted by atomic mass is 10.3. The van der Waals surface area contributed by atoms with Gasteiger partial charge in [0.15, 0.2) is 5.96 Å². The zero-order chi connectivity index (χ0) is 11.4. The molecule has 0 unspecified atom stereocenters.